The van der Waals surface area contributed by atoms with Crippen LogP contribution in [0.3, 0.4) is 0 Å². The van der Waals surface area contributed by atoms with E-state index in [0.29, 0.717) is 18.6 Å². The molecule has 1 aliphatic heterocycles. The molecule has 7 nitrogen and oxygen atoms in total. The highest BCUT2D eigenvalue weighted by Crippen LogP contribution is 2.29. The fraction of sp³-hybridized carbons (Fsp3) is 0.625. The van der Waals surface area contributed by atoms with Crippen molar-refractivity contribution in [3.8, 4) is 11.5 Å². The van der Waals surface area contributed by atoms with Crippen LogP contribution in [0.4, 0.5) is 0 Å². The van der Waals surface area contributed by atoms with Gasteiger partial charge in [-0.2, -0.15) is 0 Å². The van der Waals surface area contributed by atoms with Gasteiger partial charge in [0.05, 0.1) is 26.4 Å². The van der Waals surface area contributed by atoms with Crippen LogP contribution >= 0.6 is 0 Å². The lowest BCUT2D eigenvalue weighted by Gasteiger charge is -2.41. The summed E-state index contributed by atoms with van der Waals surface area (Å²) >= 11 is 0. The van der Waals surface area contributed by atoms with E-state index >= 15 is 0 Å². The molecule has 5 N–H and O–H groups in total. The van der Waals surface area contributed by atoms with Gasteiger partial charge >= 0.3 is 0 Å². The minimum absolute atomic E-state index is 0.0413. The van der Waals surface area contributed by atoms with Crippen LogP contribution in [0, 0.1) is 0 Å². The summed E-state index contributed by atoms with van der Waals surface area (Å²) in [6.45, 7) is -0.148. The van der Waals surface area contributed by atoms with Crippen molar-refractivity contribution in [1.29, 1.82) is 0 Å². The summed E-state index contributed by atoms with van der Waals surface area (Å²) < 4.78 is 9.98. The van der Waals surface area contributed by atoms with Crippen LogP contribution in [0.5, 0.6) is 11.5 Å². The number of rotatable bonds is 6. The minimum atomic E-state index is -1.77. The van der Waals surface area contributed by atoms with Gasteiger partial charge in [-0.05, 0) is 30.5 Å². The number of aliphatic hydroxyl groups excluding tert-OH is 3. The number of ether oxygens (including phenoxy) is 2. The SMILES string of the molecule is COc1cc(CCC(O)C[C@@]2(O)[C@H](O)COC[C@@H]2O)ccc1O. The molecule has 1 aliphatic rings. The standard InChI is InChI=1S/C16H24O7/c1-22-13-6-10(3-5-12(13)18)2-4-11(17)7-16(21)14(19)8-23-9-15(16)20/h3,5-6,11,14-15,17-21H,2,4,7-9H2,1H3/t11?,14-,15+,16-. The minimum Gasteiger partial charge on any atom is -0.504 e. The third kappa shape index (κ3) is 4.13. The van der Waals surface area contributed by atoms with Crippen molar-refractivity contribution in [3.63, 3.8) is 0 Å². The van der Waals surface area contributed by atoms with E-state index in [4.69, 9.17) is 9.47 Å². The van der Waals surface area contributed by atoms with Crippen molar-refractivity contribution < 1.29 is 35.0 Å². The van der Waals surface area contributed by atoms with Crippen LogP contribution in [-0.4, -0.2) is 69.8 Å². The Kier molecular flexibility index (Phi) is 5.83. The Labute approximate surface area is 134 Å². The highest BCUT2D eigenvalue weighted by Gasteiger charge is 2.47. The average Bonchev–Trinajstić information content (AvgIpc) is 2.52. The van der Waals surface area contributed by atoms with E-state index in [1.165, 1.54) is 13.2 Å². The summed E-state index contributed by atoms with van der Waals surface area (Å²) in [5, 5.41) is 49.8. The van der Waals surface area contributed by atoms with Crippen molar-refractivity contribution in [2.75, 3.05) is 20.3 Å². The van der Waals surface area contributed by atoms with Crippen molar-refractivity contribution in [2.45, 2.75) is 43.2 Å². The van der Waals surface area contributed by atoms with Crippen LogP contribution in [0.25, 0.3) is 0 Å². The zero-order valence-corrected chi connectivity index (χ0v) is 13.1. The fourth-order valence-electron chi connectivity index (χ4n) is 2.76. The predicted octanol–water partition coefficient (Wildman–Crippen LogP) is -0.433. The fourth-order valence-corrected chi connectivity index (χ4v) is 2.76. The third-order valence-corrected chi connectivity index (χ3v) is 4.28. The van der Waals surface area contributed by atoms with Gasteiger partial charge in [0.1, 0.15) is 17.8 Å². The van der Waals surface area contributed by atoms with Gasteiger partial charge in [0, 0.05) is 6.42 Å². The van der Waals surface area contributed by atoms with Gasteiger partial charge in [-0.25, -0.2) is 0 Å². The van der Waals surface area contributed by atoms with Crippen LogP contribution in [0.1, 0.15) is 18.4 Å². The number of methoxy groups -OCH3 is 1. The summed E-state index contributed by atoms with van der Waals surface area (Å²) in [6.07, 6.45) is -2.70. The molecule has 0 radical (unpaired) electrons. The molecule has 7 heteroatoms. The Bertz CT molecular complexity index is 509. The lowest BCUT2D eigenvalue weighted by molar-refractivity contribution is -0.224. The normalized spacial score (nSPS) is 29.3. The van der Waals surface area contributed by atoms with Crippen molar-refractivity contribution in [1.82, 2.24) is 0 Å². The lowest BCUT2D eigenvalue weighted by atomic mass is 9.82. The number of hydrogen-bond donors (Lipinski definition) is 5. The molecular weight excluding hydrogens is 304 g/mol. The maximum Gasteiger partial charge on any atom is 0.160 e. The Balaban J connectivity index is 1.93. The molecule has 1 aromatic rings. The summed E-state index contributed by atoms with van der Waals surface area (Å²) in [7, 11) is 1.46. The molecule has 0 aromatic heterocycles. The predicted molar refractivity (Wildman–Crippen MR) is 81.4 cm³/mol. The number of aliphatic hydroxyl groups is 4. The summed E-state index contributed by atoms with van der Waals surface area (Å²) in [5.74, 6) is 0.394. The highest BCUT2D eigenvalue weighted by atomic mass is 16.5. The molecular formula is C16H24O7. The van der Waals surface area contributed by atoms with Crippen molar-refractivity contribution >= 4 is 0 Å². The van der Waals surface area contributed by atoms with E-state index < -0.39 is 23.9 Å². The van der Waals surface area contributed by atoms with E-state index in [2.05, 4.69) is 0 Å². The van der Waals surface area contributed by atoms with Crippen molar-refractivity contribution in [3.05, 3.63) is 23.8 Å². The summed E-state index contributed by atoms with van der Waals surface area (Å²) in [4.78, 5) is 0. The van der Waals surface area contributed by atoms with Gasteiger partial charge in [-0.1, -0.05) is 6.07 Å². The number of hydrogen-bond acceptors (Lipinski definition) is 7. The number of phenolic OH excluding ortho intramolecular Hbond substituents is 1. The molecule has 0 bridgehead atoms. The summed E-state index contributed by atoms with van der Waals surface area (Å²) in [6, 6.07) is 4.91. The van der Waals surface area contributed by atoms with E-state index in [1.54, 1.807) is 12.1 Å². The first-order valence-corrected chi connectivity index (χ1v) is 7.57. The first kappa shape index (κ1) is 18.0. The highest BCUT2D eigenvalue weighted by molar-refractivity contribution is 5.41. The monoisotopic (exact) mass is 328 g/mol. The molecule has 4 atom stereocenters. The average molecular weight is 328 g/mol. The van der Waals surface area contributed by atoms with Gasteiger partial charge in [-0.15, -0.1) is 0 Å². The number of aromatic hydroxyl groups is 1. The van der Waals surface area contributed by atoms with Crippen LogP contribution in [-0.2, 0) is 11.2 Å². The van der Waals surface area contributed by atoms with Crippen LogP contribution in [0.15, 0.2) is 18.2 Å². The molecule has 2 rings (SSSR count). The van der Waals surface area contributed by atoms with E-state index in [0.717, 1.165) is 5.56 Å². The van der Waals surface area contributed by atoms with E-state index in [1.807, 2.05) is 0 Å². The number of phenols is 1. The first-order valence-electron chi connectivity index (χ1n) is 7.57. The second-order valence-corrected chi connectivity index (χ2v) is 5.96. The lowest BCUT2D eigenvalue weighted by Crippen LogP contribution is -2.60. The first-order chi connectivity index (χ1) is 10.9. The molecule has 0 saturated carbocycles. The zero-order valence-electron chi connectivity index (χ0n) is 13.1. The van der Waals surface area contributed by atoms with Crippen molar-refractivity contribution in [2.24, 2.45) is 0 Å². The Hall–Kier alpha value is -1.38. The number of aryl methyl sites for hydroxylation is 1. The molecule has 1 saturated heterocycles. The topological polar surface area (TPSA) is 120 Å². The molecule has 0 spiro atoms. The molecule has 1 unspecified atom stereocenters. The van der Waals surface area contributed by atoms with Gasteiger partial charge < -0.3 is 35.0 Å². The second kappa shape index (κ2) is 7.46. The Morgan fingerprint density at radius 1 is 1.30 bits per heavy atom. The Morgan fingerprint density at radius 2 is 1.96 bits per heavy atom. The Morgan fingerprint density at radius 3 is 2.57 bits per heavy atom. The van der Waals surface area contributed by atoms with Gasteiger partial charge in [0.2, 0.25) is 0 Å². The maximum atomic E-state index is 10.4. The third-order valence-electron chi connectivity index (χ3n) is 4.28. The molecule has 130 valence electrons. The van der Waals surface area contributed by atoms with Gasteiger partial charge in [0.25, 0.3) is 0 Å². The molecule has 1 heterocycles. The second-order valence-electron chi connectivity index (χ2n) is 5.96. The molecule has 1 aromatic carbocycles. The quantitative estimate of drug-likeness (QED) is 0.480. The summed E-state index contributed by atoms with van der Waals surface area (Å²) in [5.41, 5.74) is -0.914. The zero-order chi connectivity index (χ0) is 17.0. The van der Waals surface area contributed by atoms with E-state index in [9.17, 15) is 25.5 Å². The molecule has 0 amide bonds. The maximum absolute atomic E-state index is 10.4. The number of benzene rings is 1. The van der Waals surface area contributed by atoms with Crippen LogP contribution in [0.2, 0.25) is 0 Å². The molecule has 0 aliphatic carbocycles. The van der Waals surface area contributed by atoms with Gasteiger partial charge in [-0.3, -0.25) is 0 Å². The van der Waals surface area contributed by atoms with Crippen LogP contribution < -0.4 is 4.74 Å². The largest absolute Gasteiger partial charge is 0.504 e. The molecule has 1 fully saturated rings. The van der Waals surface area contributed by atoms with Gasteiger partial charge in [0.15, 0.2) is 11.5 Å². The smallest absolute Gasteiger partial charge is 0.160 e. The molecule has 23 heavy (non-hydrogen) atoms. The van der Waals surface area contributed by atoms with E-state index in [-0.39, 0.29) is 25.4 Å².